The van der Waals surface area contributed by atoms with Crippen molar-refractivity contribution in [3.63, 3.8) is 0 Å². The van der Waals surface area contributed by atoms with Gasteiger partial charge >= 0.3 is 0 Å². The van der Waals surface area contributed by atoms with Crippen molar-refractivity contribution in [1.29, 1.82) is 0 Å². The number of amides is 1. The number of benzene rings is 1. The summed E-state index contributed by atoms with van der Waals surface area (Å²) < 4.78 is 31.6. The van der Waals surface area contributed by atoms with Gasteiger partial charge in [0, 0.05) is 12.6 Å². The van der Waals surface area contributed by atoms with Crippen LogP contribution < -0.4 is 14.8 Å². The van der Waals surface area contributed by atoms with E-state index in [1.54, 1.807) is 0 Å². The van der Waals surface area contributed by atoms with Crippen molar-refractivity contribution >= 4 is 15.9 Å². The fourth-order valence-electron chi connectivity index (χ4n) is 1.60. The van der Waals surface area contributed by atoms with Gasteiger partial charge in [-0.05, 0) is 44.0 Å². The van der Waals surface area contributed by atoms with Crippen molar-refractivity contribution in [3.8, 4) is 5.75 Å². The SMILES string of the molecule is CCCNS(=O)(=O)c1ccc(OCC(=O)N[C@@H](C)CC)cc1. The van der Waals surface area contributed by atoms with Crippen LogP contribution in [-0.2, 0) is 14.8 Å². The van der Waals surface area contributed by atoms with Crippen molar-refractivity contribution < 1.29 is 17.9 Å². The first-order valence-electron chi connectivity index (χ1n) is 7.41. The maximum absolute atomic E-state index is 11.9. The van der Waals surface area contributed by atoms with E-state index in [9.17, 15) is 13.2 Å². The minimum atomic E-state index is -3.47. The maximum Gasteiger partial charge on any atom is 0.258 e. The van der Waals surface area contributed by atoms with E-state index in [2.05, 4.69) is 10.0 Å². The third-order valence-corrected chi connectivity index (χ3v) is 4.54. The van der Waals surface area contributed by atoms with Gasteiger partial charge in [0.25, 0.3) is 5.91 Å². The molecule has 0 spiro atoms. The molecule has 0 radical (unpaired) electrons. The molecule has 22 heavy (non-hydrogen) atoms. The summed E-state index contributed by atoms with van der Waals surface area (Å²) in [7, 11) is -3.47. The molecule has 0 unspecified atom stereocenters. The number of hydrogen-bond donors (Lipinski definition) is 2. The Morgan fingerprint density at radius 2 is 1.86 bits per heavy atom. The summed E-state index contributed by atoms with van der Waals surface area (Å²) in [4.78, 5) is 11.8. The summed E-state index contributed by atoms with van der Waals surface area (Å²) >= 11 is 0. The lowest BCUT2D eigenvalue weighted by Crippen LogP contribution is -2.35. The van der Waals surface area contributed by atoms with Gasteiger partial charge in [-0.1, -0.05) is 13.8 Å². The Balaban J connectivity index is 2.57. The molecule has 6 nitrogen and oxygen atoms in total. The zero-order chi connectivity index (χ0) is 16.6. The Kier molecular flexibility index (Phi) is 7.34. The summed E-state index contributed by atoms with van der Waals surface area (Å²) in [5, 5.41) is 2.79. The number of ether oxygens (including phenoxy) is 1. The van der Waals surface area contributed by atoms with Crippen LogP contribution in [-0.4, -0.2) is 33.5 Å². The standard InChI is InChI=1S/C15H24N2O4S/c1-4-10-16-22(19,20)14-8-6-13(7-9-14)21-11-15(18)17-12(3)5-2/h6-9,12,16H,4-5,10-11H2,1-3H3,(H,17,18)/t12-/m0/s1. The molecule has 2 N–H and O–H groups in total. The molecule has 0 aromatic heterocycles. The van der Waals surface area contributed by atoms with E-state index in [0.717, 1.165) is 12.8 Å². The van der Waals surface area contributed by atoms with Gasteiger partial charge in [-0.15, -0.1) is 0 Å². The zero-order valence-electron chi connectivity index (χ0n) is 13.3. The first kappa shape index (κ1) is 18.4. The molecule has 0 saturated carbocycles. The van der Waals surface area contributed by atoms with Crippen LogP contribution in [0.15, 0.2) is 29.2 Å². The molecular weight excluding hydrogens is 304 g/mol. The minimum Gasteiger partial charge on any atom is -0.484 e. The average molecular weight is 328 g/mol. The molecule has 1 aromatic rings. The molecule has 0 fully saturated rings. The highest BCUT2D eigenvalue weighted by Crippen LogP contribution is 2.15. The second-order valence-corrected chi connectivity index (χ2v) is 6.80. The van der Waals surface area contributed by atoms with Gasteiger partial charge < -0.3 is 10.1 Å². The summed E-state index contributed by atoms with van der Waals surface area (Å²) in [6.07, 6.45) is 1.58. The van der Waals surface area contributed by atoms with E-state index in [1.165, 1.54) is 24.3 Å². The number of hydrogen-bond acceptors (Lipinski definition) is 4. The quantitative estimate of drug-likeness (QED) is 0.722. The molecule has 124 valence electrons. The molecule has 0 aliphatic heterocycles. The Morgan fingerprint density at radius 3 is 2.41 bits per heavy atom. The Labute approximate surface area is 132 Å². The third kappa shape index (κ3) is 6.03. The molecule has 7 heteroatoms. The monoisotopic (exact) mass is 328 g/mol. The summed E-state index contributed by atoms with van der Waals surface area (Å²) in [6, 6.07) is 6.10. The maximum atomic E-state index is 11.9. The van der Waals surface area contributed by atoms with Gasteiger partial charge in [-0.3, -0.25) is 4.79 Å². The first-order valence-corrected chi connectivity index (χ1v) is 8.89. The smallest absolute Gasteiger partial charge is 0.258 e. The lowest BCUT2D eigenvalue weighted by molar-refractivity contribution is -0.123. The fourth-order valence-corrected chi connectivity index (χ4v) is 2.74. The highest BCUT2D eigenvalue weighted by molar-refractivity contribution is 7.89. The molecule has 0 aliphatic carbocycles. The number of sulfonamides is 1. The van der Waals surface area contributed by atoms with Crippen molar-refractivity contribution in [2.45, 2.75) is 44.6 Å². The molecule has 1 rings (SSSR count). The van der Waals surface area contributed by atoms with Crippen molar-refractivity contribution in [1.82, 2.24) is 10.0 Å². The van der Waals surface area contributed by atoms with Crippen LogP contribution in [0, 0.1) is 0 Å². The van der Waals surface area contributed by atoms with E-state index in [0.29, 0.717) is 12.3 Å². The largest absolute Gasteiger partial charge is 0.484 e. The first-order chi connectivity index (χ1) is 10.4. The molecule has 0 heterocycles. The van der Waals surface area contributed by atoms with Crippen molar-refractivity contribution in [3.05, 3.63) is 24.3 Å². The molecule has 1 aromatic carbocycles. The average Bonchev–Trinajstić information content (AvgIpc) is 2.51. The Morgan fingerprint density at radius 1 is 1.23 bits per heavy atom. The van der Waals surface area contributed by atoms with Crippen LogP contribution in [0.25, 0.3) is 0 Å². The topological polar surface area (TPSA) is 84.5 Å². The van der Waals surface area contributed by atoms with Crippen LogP contribution >= 0.6 is 0 Å². The van der Waals surface area contributed by atoms with Gasteiger partial charge in [0.1, 0.15) is 5.75 Å². The molecule has 1 atom stereocenters. The zero-order valence-corrected chi connectivity index (χ0v) is 14.1. The second kappa shape index (κ2) is 8.75. The van der Waals surface area contributed by atoms with Gasteiger partial charge in [0.15, 0.2) is 6.61 Å². The van der Waals surface area contributed by atoms with Crippen LogP contribution in [0.3, 0.4) is 0 Å². The lowest BCUT2D eigenvalue weighted by atomic mass is 10.2. The van der Waals surface area contributed by atoms with Gasteiger partial charge in [-0.2, -0.15) is 0 Å². The summed E-state index contributed by atoms with van der Waals surface area (Å²) in [5.41, 5.74) is 0. The van der Waals surface area contributed by atoms with E-state index >= 15 is 0 Å². The van der Waals surface area contributed by atoms with Crippen LogP contribution in [0.1, 0.15) is 33.6 Å². The minimum absolute atomic E-state index is 0.0927. The van der Waals surface area contributed by atoms with E-state index in [4.69, 9.17) is 4.74 Å². The highest BCUT2D eigenvalue weighted by Gasteiger charge is 2.13. The predicted molar refractivity (Wildman–Crippen MR) is 85.3 cm³/mol. The predicted octanol–water partition coefficient (Wildman–Crippen LogP) is 1.67. The Bertz CT molecular complexity index is 570. The van der Waals surface area contributed by atoms with Gasteiger partial charge in [-0.25, -0.2) is 13.1 Å². The van der Waals surface area contributed by atoms with E-state index in [-0.39, 0.29) is 23.5 Å². The lowest BCUT2D eigenvalue weighted by Gasteiger charge is -2.12. The van der Waals surface area contributed by atoms with Gasteiger partial charge in [0.05, 0.1) is 4.90 Å². The fraction of sp³-hybridized carbons (Fsp3) is 0.533. The van der Waals surface area contributed by atoms with Gasteiger partial charge in [0.2, 0.25) is 10.0 Å². The summed E-state index contributed by atoms with van der Waals surface area (Å²) in [5.74, 6) is 0.254. The molecule has 0 aliphatic rings. The van der Waals surface area contributed by atoms with Crippen LogP contribution in [0.5, 0.6) is 5.75 Å². The molecule has 0 saturated heterocycles. The number of rotatable bonds is 9. The van der Waals surface area contributed by atoms with E-state index < -0.39 is 10.0 Å². The number of carbonyl (C=O) groups excluding carboxylic acids is 1. The van der Waals surface area contributed by atoms with E-state index in [1.807, 2.05) is 20.8 Å². The second-order valence-electron chi connectivity index (χ2n) is 5.03. The normalized spacial score (nSPS) is 12.7. The highest BCUT2D eigenvalue weighted by atomic mass is 32.2. The summed E-state index contributed by atoms with van der Waals surface area (Å²) in [6.45, 7) is 6.10. The number of carbonyl (C=O) groups is 1. The van der Waals surface area contributed by atoms with Crippen LogP contribution in [0.2, 0.25) is 0 Å². The van der Waals surface area contributed by atoms with Crippen molar-refractivity contribution in [2.24, 2.45) is 0 Å². The van der Waals surface area contributed by atoms with Crippen LogP contribution in [0.4, 0.5) is 0 Å². The number of nitrogens with one attached hydrogen (secondary N) is 2. The molecule has 1 amide bonds. The third-order valence-electron chi connectivity index (χ3n) is 3.07. The van der Waals surface area contributed by atoms with Crippen molar-refractivity contribution in [2.75, 3.05) is 13.2 Å². The molecule has 0 bridgehead atoms. The molecular formula is C15H24N2O4S. The Hall–Kier alpha value is -1.60.